The Morgan fingerprint density at radius 2 is 1.60 bits per heavy atom. The van der Waals surface area contributed by atoms with E-state index in [1.165, 1.54) is 10.8 Å². The molecule has 0 bridgehead atoms. The second kappa shape index (κ2) is 3.65. The number of rotatable bonds is 1. The zero-order valence-corrected chi connectivity index (χ0v) is 8.35. The quantitative estimate of drug-likeness (QED) is 0.704. The minimum atomic E-state index is -0.184. The first-order valence-electron chi connectivity index (χ1n) is 5.16. The molecule has 1 aliphatic heterocycles. The van der Waals surface area contributed by atoms with Gasteiger partial charge in [-0.1, -0.05) is 42.5 Å². The molecule has 0 spiro atoms. The van der Waals surface area contributed by atoms with Crippen LogP contribution in [-0.4, -0.2) is 13.2 Å². The van der Waals surface area contributed by atoms with Gasteiger partial charge in [0, 0.05) is 5.56 Å². The molecule has 0 saturated carbocycles. The molecule has 1 saturated heterocycles. The molecule has 0 amide bonds. The van der Waals surface area contributed by atoms with Crippen molar-refractivity contribution in [3.63, 3.8) is 0 Å². The maximum absolute atomic E-state index is 5.52. The van der Waals surface area contributed by atoms with Crippen LogP contribution in [0.2, 0.25) is 0 Å². The van der Waals surface area contributed by atoms with E-state index < -0.39 is 0 Å². The van der Waals surface area contributed by atoms with E-state index in [1.54, 1.807) is 0 Å². The summed E-state index contributed by atoms with van der Waals surface area (Å²) in [6.45, 7) is 1.38. The largest absolute Gasteiger partial charge is 0.346 e. The van der Waals surface area contributed by atoms with Crippen LogP contribution in [-0.2, 0) is 9.47 Å². The van der Waals surface area contributed by atoms with Crippen molar-refractivity contribution in [3.05, 3.63) is 48.0 Å². The fraction of sp³-hybridized carbons (Fsp3) is 0.231. The standard InChI is InChI=1S/C13H12O2/c1-2-6-11-10(4-1)5-3-7-12(11)13-14-8-9-15-13/h1-7,13H,8-9H2. The molecule has 2 aromatic carbocycles. The van der Waals surface area contributed by atoms with Gasteiger partial charge >= 0.3 is 0 Å². The Morgan fingerprint density at radius 3 is 2.47 bits per heavy atom. The summed E-state index contributed by atoms with van der Waals surface area (Å²) >= 11 is 0. The minimum absolute atomic E-state index is 0.184. The third-order valence-corrected chi connectivity index (χ3v) is 2.70. The van der Waals surface area contributed by atoms with E-state index in [9.17, 15) is 0 Å². The molecular formula is C13H12O2. The van der Waals surface area contributed by atoms with E-state index in [0.29, 0.717) is 13.2 Å². The maximum atomic E-state index is 5.52. The van der Waals surface area contributed by atoms with Crippen LogP contribution in [0.5, 0.6) is 0 Å². The molecular weight excluding hydrogens is 188 g/mol. The van der Waals surface area contributed by atoms with E-state index >= 15 is 0 Å². The molecule has 0 atom stereocenters. The van der Waals surface area contributed by atoms with E-state index in [4.69, 9.17) is 9.47 Å². The SMILES string of the molecule is c1ccc2c(C3OCCO3)cccc2c1. The summed E-state index contributed by atoms with van der Waals surface area (Å²) in [6, 6.07) is 14.5. The van der Waals surface area contributed by atoms with Crippen molar-refractivity contribution in [2.75, 3.05) is 13.2 Å². The van der Waals surface area contributed by atoms with Crippen molar-refractivity contribution >= 4 is 10.8 Å². The second-order valence-electron chi connectivity index (χ2n) is 3.64. The summed E-state index contributed by atoms with van der Waals surface area (Å²) in [5.41, 5.74) is 1.13. The van der Waals surface area contributed by atoms with E-state index in [2.05, 4.69) is 24.3 Å². The van der Waals surface area contributed by atoms with Crippen LogP contribution in [0.1, 0.15) is 11.9 Å². The highest BCUT2D eigenvalue weighted by Gasteiger charge is 2.19. The molecule has 3 rings (SSSR count). The summed E-state index contributed by atoms with van der Waals surface area (Å²) in [5, 5.41) is 2.45. The third kappa shape index (κ3) is 1.52. The molecule has 2 aromatic rings. The monoisotopic (exact) mass is 200 g/mol. The van der Waals surface area contributed by atoms with Gasteiger partial charge in [0.25, 0.3) is 0 Å². The maximum Gasteiger partial charge on any atom is 0.184 e. The lowest BCUT2D eigenvalue weighted by Gasteiger charge is -2.12. The first-order valence-corrected chi connectivity index (χ1v) is 5.16. The van der Waals surface area contributed by atoms with Gasteiger partial charge in [0.2, 0.25) is 0 Å². The fourth-order valence-electron chi connectivity index (χ4n) is 1.99. The average Bonchev–Trinajstić information content (AvgIpc) is 2.82. The van der Waals surface area contributed by atoms with Crippen molar-refractivity contribution in [3.8, 4) is 0 Å². The minimum Gasteiger partial charge on any atom is -0.346 e. The van der Waals surface area contributed by atoms with Crippen molar-refractivity contribution in [1.82, 2.24) is 0 Å². The molecule has 1 heterocycles. The molecule has 15 heavy (non-hydrogen) atoms. The van der Waals surface area contributed by atoms with Crippen molar-refractivity contribution in [2.24, 2.45) is 0 Å². The van der Waals surface area contributed by atoms with E-state index in [1.807, 2.05) is 18.2 Å². The number of hydrogen-bond acceptors (Lipinski definition) is 2. The van der Waals surface area contributed by atoms with Crippen LogP contribution in [0.25, 0.3) is 10.8 Å². The van der Waals surface area contributed by atoms with Crippen LogP contribution in [0.3, 0.4) is 0 Å². The van der Waals surface area contributed by atoms with Crippen LogP contribution in [0.15, 0.2) is 42.5 Å². The summed E-state index contributed by atoms with van der Waals surface area (Å²) < 4.78 is 11.0. The summed E-state index contributed by atoms with van der Waals surface area (Å²) in [6.07, 6.45) is -0.184. The van der Waals surface area contributed by atoms with Crippen LogP contribution in [0.4, 0.5) is 0 Å². The predicted molar refractivity (Wildman–Crippen MR) is 58.6 cm³/mol. The highest BCUT2D eigenvalue weighted by molar-refractivity contribution is 5.85. The van der Waals surface area contributed by atoms with Crippen LogP contribution < -0.4 is 0 Å². The Kier molecular flexibility index (Phi) is 2.16. The van der Waals surface area contributed by atoms with Crippen LogP contribution >= 0.6 is 0 Å². The number of hydrogen-bond donors (Lipinski definition) is 0. The zero-order chi connectivity index (χ0) is 10.1. The molecule has 2 heteroatoms. The normalized spacial score (nSPS) is 17.3. The van der Waals surface area contributed by atoms with Gasteiger partial charge in [0.05, 0.1) is 13.2 Å². The van der Waals surface area contributed by atoms with Gasteiger partial charge < -0.3 is 9.47 Å². The molecule has 0 N–H and O–H groups in total. The van der Waals surface area contributed by atoms with Crippen molar-refractivity contribution in [2.45, 2.75) is 6.29 Å². The predicted octanol–water partition coefficient (Wildman–Crippen LogP) is 2.89. The molecule has 0 aliphatic carbocycles. The van der Waals surface area contributed by atoms with Crippen molar-refractivity contribution < 1.29 is 9.47 Å². The molecule has 0 unspecified atom stereocenters. The van der Waals surface area contributed by atoms with Gasteiger partial charge in [-0.05, 0) is 10.8 Å². The summed E-state index contributed by atoms with van der Waals surface area (Å²) in [5.74, 6) is 0. The Bertz CT molecular complexity index is 467. The Balaban J connectivity index is 2.16. The second-order valence-corrected chi connectivity index (χ2v) is 3.64. The molecule has 0 radical (unpaired) electrons. The zero-order valence-electron chi connectivity index (χ0n) is 8.35. The van der Waals surface area contributed by atoms with Gasteiger partial charge in [0.15, 0.2) is 6.29 Å². The number of ether oxygens (including phenoxy) is 2. The van der Waals surface area contributed by atoms with Crippen molar-refractivity contribution in [1.29, 1.82) is 0 Å². The Labute approximate surface area is 88.4 Å². The molecule has 1 fully saturated rings. The van der Waals surface area contributed by atoms with Gasteiger partial charge in [-0.3, -0.25) is 0 Å². The lowest BCUT2D eigenvalue weighted by Crippen LogP contribution is -1.98. The van der Waals surface area contributed by atoms with E-state index in [-0.39, 0.29) is 6.29 Å². The Hall–Kier alpha value is -1.38. The smallest absolute Gasteiger partial charge is 0.184 e. The van der Waals surface area contributed by atoms with Crippen LogP contribution in [0, 0.1) is 0 Å². The first kappa shape index (κ1) is 8.89. The van der Waals surface area contributed by atoms with Gasteiger partial charge in [-0.25, -0.2) is 0 Å². The topological polar surface area (TPSA) is 18.5 Å². The Morgan fingerprint density at radius 1 is 0.867 bits per heavy atom. The number of fused-ring (bicyclic) bond motifs is 1. The highest BCUT2D eigenvalue weighted by Crippen LogP contribution is 2.29. The molecule has 76 valence electrons. The van der Waals surface area contributed by atoms with Gasteiger partial charge in [-0.15, -0.1) is 0 Å². The van der Waals surface area contributed by atoms with Gasteiger partial charge in [-0.2, -0.15) is 0 Å². The third-order valence-electron chi connectivity index (χ3n) is 2.70. The highest BCUT2D eigenvalue weighted by atomic mass is 16.7. The van der Waals surface area contributed by atoms with E-state index in [0.717, 1.165) is 5.56 Å². The molecule has 0 aromatic heterocycles. The number of benzene rings is 2. The first-order chi connectivity index (χ1) is 7.45. The lowest BCUT2D eigenvalue weighted by atomic mass is 10.0. The summed E-state index contributed by atoms with van der Waals surface area (Å²) in [4.78, 5) is 0. The molecule has 2 nitrogen and oxygen atoms in total. The van der Waals surface area contributed by atoms with Gasteiger partial charge in [0.1, 0.15) is 0 Å². The molecule has 1 aliphatic rings. The fourth-order valence-corrected chi connectivity index (χ4v) is 1.99. The lowest BCUT2D eigenvalue weighted by molar-refractivity contribution is -0.0429. The summed E-state index contributed by atoms with van der Waals surface area (Å²) in [7, 11) is 0. The average molecular weight is 200 g/mol.